The summed E-state index contributed by atoms with van der Waals surface area (Å²) in [4.78, 5) is 14.0. The Kier molecular flexibility index (Phi) is 12.7. The van der Waals surface area contributed by atoms with Crippen LogP contribution in [0.5, 0.6) is 0 Å². The highest BCUT2D eigenvalue weighted by molar-refractivity contribution is 5.73. The zero-order valence-corrected chi connectivity index (χ0v) is 30.8. The van der Waals surface area contributed by atoms with E-state index < -0.39 is 89.7 Å². The Morgan fingerprint density at radius 3 is 2.21 bits per heavy atom. The lowest BCUT2D eigenvalue weighted by molar-refractivity contribution is -0.285. The Balaban J connectivity index is 1.76. The van der Waals surface area contributed by atoms with Gasteiger partial charge in [-0.05, 0) is 66.8 Å². The summed E-state index contributed by atoms with van der Waals surface area (Å²) >= 11 is 0. The molecule has 13 nitrogen and oxygen atoms in total. The van der Waals surface area contributed by atoms with Crippen molar-refractivity contribution in [3.63, 3.8) is 0 Å². The Hall–Kier alpha value is -0.970. The number of fused-ring (bicyclic) bond motifs is 1. The number of aliphatic hydroxyl groups is 4. The highest BCUT2D eigenvalue weighted by atomic mass is 16.8. The van der Waals surface area contributed by atoms with Gasteiger partial charge in [0.25, 0.3) is 0 Å². The number of ether oxygens (including phenoxy) is 7. The van der Waals surface area contributed by atoms with Gasteiger partial charge in [-0.3, -0.25) is 4.79 Å². The number of nitrogens with one attached hydrogen (secondary N) is 1. The molecule has 4 fully saturated rings. The van der Waals surface area contributed by atoms with Crippen LogP contribution in [0.15, 0.2) is 0 Å². The lowest BCUT2D eigenvalue weighted by atomic mass is 9.73. The van der Waals surface area contributed by atoms with Gasteiger partial charge in [-0.25, -0.2) is 0 Å². The molecule has 0 saturated carbocycles. The fraction of sp³-hybridized carbons (Fsp3) is 0.971. The number of aliphatic hydroxyl groups excluding tert-OH is 2. The van der Waals surface area contributed by atoms with Crippen molar-refractivity contribution in [2.45, 2.75) is 179 Å². The van der Waals surface area contributed by atoms with E-state index in [2.05, 4.69) is 5.32 Å². The van der Waals surface area contributed by atoms with Crippen molar-refractivity contribution < 1.29 is 58.4 Å². The van der Waals surface area contributed by atoms with E-state index in [0.29, 0.717) is 6.42 Å². The topological polar surface area (TPSA) is 178 Å². The van der Waals surface area contributed by atoms with E-state index in [1.165, 1.54) is 6.92 Å². The monoisotopic (exact) mass is 689 g/mol. The summed E-state index contributed by atoms with van der Waals surface area (Å²) in [7, 11) is 3.47. The van der Waals surface area contributed by atoms with Crippen LogP contribution in [0.25, 0.3) is 0 Å². The Morgan fingerprint density at radius 2 is 1.60 bits per heavy atom. The van der Waals surface area contributed by atoms with E-state index in [1.54, 1.807) is 41.7 Å². The van der Waals surface area contributed by atoms with E-state index in [0.717, 1.165) is 6.42 Å². The molecule has 280 valence electrons. The fourth-order valence-corrected chi connectivity index (χ4v) is 8.50. The first-order chi connectivity index (χ1) is 22.3. The summed E-state index contributed by atoms with van der Waals surface area (Å²) in [5.74, 6) is -4.45. The minimum absolute atomic E-state index is 0.0716. The van der Waals surface area contributed by atoms with E-state index in [-0.39, 0.29) is 43.6 Å². The van der Waals surface area contributed by atoms with Gasteiger partial charge in [0.1, 0.15) is 17.8 Å². The first kappa shape index (κ1) is 39.8. The number of hydrogen-bond acceptors (Lipinski definition) is 13. The van der Waals surface area contributed by atoms with E-state index in [4.69, 9.17) is 33.2 Å². The maximum atomic E-state index is 14.0. The molecule has 4 rings (SSSR count). The Morgan fingerprint density at radius 1 is 0.938 bits per heavy atom. The van der Waals surface area contributed by atoms with Crippen molar-refractivity contribution >= 4 is 5.97 Å². The van der Waals surface area contributed by atoms with Crippen molar-refractivity contribution in [1.82, 2.24) is 5.32 Å². The highest BCUT2D eigenvalue weighted by Gasteiger charge is 2.65. The summed E-state index contributed by atoms with van der Waals surface area (Å²) in [6.45, 7) is 15.6. The summed E-state index contributed by atoms with van der Waals surface area (Å²) < 4.78 is 43.3. The quantitative estimate of drug-likeness (QED) is 0.194. The molecule has 7 unspecified atom stereocenters. The molecule has 0 aromatic rings. The second-order valence-electron chi connectivity index (χ2n) is 15.6. The number of carbonyl (C=O) groups is 1. The van der Waals surface area contributed by atoms with Gasteiger partial charge in [0.15, 0.2) is 12.6 Å². The van der Waals surface area contributed by atoms with Crippen molar-refractivity contribution in [2.75, 3.05) is 14.2 Å². The Bertz CT molecular complexity index is 1080. The molecule has 0 aromatic heterocycles. The normalized spacial score (nSPS) is 52.6. The molecule has 0 aliphatic carbocycles. The molecule has 18 atom stereocenters. The maximum Gasteiger partial charge on any atom is 0.311 e. The van der Waals surface area contributed by atoms with Gasteiger partial charge in [-0.15, -0.1) is 0 Å². The van der Waals surface area contributed by atoms with Crippen molar-refractivity contribution in [2.24, 2.45) is 23.7 Å². The molecular weight excluding hydrogens is 626 g/mol. The average Bonchev–Trinajstić information content (AvgIpc) is 3.78. The third-order valence-electron chi connectivity index (χ3n) is 11.5. The first-order valence-corrected chi connectivity index (χ1v) is 17.8. The minimum atomic E-state index is -1.88. The standard InChI is InChI=1S/C35H63NO12/c1-12-24-34(9,41)29(38)19(4)27(37)17(2)15-33(8,40)30(47-25-14-23(36-10)13-18(3)43-25)20(5)28(21(6)32(39)45-24)46-26-16-35(42-11)31(48-35)22(7)44-26/h17-31,36-38,40-41H,12-16H2,1-11H3/t17-,18?,19+,20+,21-,22?,23?,24-,25?,26?,27+,28+,29-,30-,31?,33+,34-,35?/m1/s1. The summed E-state index contributed by atoms with van der Waals surface area (Å²) in [5, 5.41) is 50.0. The zero-order valence-electron chi connectivity index (χ0n) is 30.8. The molecule has 0 amide bonds. The van der Waals surface area contributed by atoms with Crippen LogP contribution in [0, 0.1) is 23.7 Å². The van der Waals surface area contributed by atoms with Gasteiger partial charge in [-0.2, -0.15) is 0 Å². The van der Waals surface area contributed by atoms with E-state index in [1.807, 2.05) is 27.8 Å². The minimum Gasteiger partial charge on any atom is -0.459 e. The van der Waals surface area contributed by atoms with Crippen LogP contribution in [0.1, 0.15) is 94.4 Å². The zero-order chi connectivity index (χ0) is 35.9. The largest absolute Gasteiger partial charge is 0.459 e. The second-order valence-corrected chi connectivity index (χ2v) is 15.6. The molecule has 0 bridgehead atoms. The predicted molar refractivity (Wildman–Crippen MR) is 174 cm³/mol. The predicted octanol–water partition coefficient (Wildman–Crippen LogP) is 2.24. The molecule has 0 aromatic carbocycles. The highest BCUT2D eigenvalue weighted by Crippen LogP contribution is 2.49. The van der Waals surface area contributed by atoms with Crippen molar-refractivity contribution in [3.05, 3.63) is 0 Å². The Labute approximate surface area is 286 Å². The average molecular weight is 690 g/mol. The molecule has 4 saturated heterocycles. The lowest BCUT2D eigenvalue weighted by Gasteiger charge is -2.47. The molecule has 48 heavy (non-hydrogen) atoms. The number of esters is 1. The smallest absolute Gasteiger partial charge is 0.311 e. The molecule has 4 aliphatic heterocycles. The van der Waals surface area contributed by atoms with Gasteiger partial charge in [0.2, 0.25) is 5.79 Å². The summed E-state index contributed by atoms with van der Waals surface area (Å²) in [6.07, 6.45) is -5.80. The van der Waals surface area contributed by atoms with Crippen LogP contribution in [0.2, 0.25) is 0 Å². The van der Waals surface area contributed by atoms with Gasteiger partial charge in [-0.1, -0.05) is 27.7 Å². The second kappa shape index (κ2) is 15.3. The molecule has 4 aliphatic rings. The van der Waals surface area contributed by atoms with Crippen molar-refractivity contribution in [1.29, 1.82) is 0 Å². The first-order valence-electron chi connectivity index (χ1n) is 17.8. The van der Waals surface area contributed by atoms with E-state index in [9.17, 15) is 25.2 Å². The SMILES string of the molecule is CC[C@H]1OC(=O)[C@H](C)[C@@H](OC2CC3(OC)OC3C(C)O2)[C@H](C)[C@@H](OC2CC(NC)CC(C)O2)[C@@](C)(O)C[C@@H](C)[C@H](O)[C@H](C)[C@@H](O)[C@]1(C)O. The number of hydrogen-bond donors (Lipinski definition) is 5. The van der Waals surface area contributed by atoms with Crippen LogP contribution < -0.4 is 5.32 Å². The van der Waals surface area contributed by atoms with E-state index >= 15 is 0 Å². The third-order valence-corrected chi connectivity index (χ3v) is 11.5. The maximum absolute atomic E-state index is 14.0. The summed E-state index contributed by atoms with van der Waals surface area (Å²) in [6, 6.07) is 0.133. The van der Waals surface area contributed by atoms with Gasteiger partial charge in [0, 0.05) is 31.4 Å². The molecular formula is C35H63NO12. The van der Waals surface area contributed by atoms with Gasteiger partial charge >= 0.3 is 5.97 Å². The van der Waals surface area contributed by atoms with Gasteiger partial charge < -0.3 is 58.9 Å². The van der Waals surface area contributed by atoms with Crippen LogP contribution >= 0.6 is 0 Å². The number of cyclic esters (lactones) is 1. The molecule has 13 heteroatoms. The molecule has 0 spiro atoms. The molecule has 0 radical (unpaired) electrons. The third kappa shape index (κ3) is 8.22. The van der Waals surface area contributed by atoms with Crippen LogP contribution in [-0.4, -0.2) is 125 Å². The van der Waals surface area contributed by atoms with Crippen molar-refractivity contribution in [3.8, 4) is 0 Å². The number of rotatable bonds is 7. The number of methoxy groups -OCH3 is 1. The lowest BCUT2D eigenvalue weighted by Crippen LogP contribution is -2.59. The number of epoxide rings is 1. The number of carbonyl (C=O) groups excluding carboxylic acids is 1. The molecule has 5 N–H and O–H groups in total. The van der Waals surface area contributed by atoms with Crippen LogP contribution in [-0.2, 0) is 38.0 Å². The molecule has 4 heterocycles. The van der Waals surface area contributed by atoms with Crippen LogP contribution in [0.4, 0.5) is 0 Å². The fourth-order valence-electron chi connectivity index (χ4n) is 8.50. The summed E-state index contributed by atoms with van der Waals surface area (Å²) in [5.41, 5.74) is -3.46. The van der Waals surface area contributed by atoms with Crippen LogP contribution in [0.3, 0.4) is 0 Å². The van der Waals surface area contributed by atoms with Gasteiger partial charge in [0.05, 0.1) is 54.6 Å².